The van der Waals surface area contributed by atoms with E-state index in [1.165, 1.54) is 6.20 Å². The standard InChI is InChI=1S/C23H34N4O6S/c1-16(2)5-3-4-11-32-22(30)27-20-14-26-23(34-20)33-15-18(28)13-25-10-12-31-19-8-6-17(7-9-19)21(24)29/h6-9,14,16,18,25,28H,3-5,10-13,15H2,1-2H3,(H2,24,29)(H,27,30). The first-order valence-electron chi connectivity index (χ1n) is 11.3. The summed E-state index contributed by atoms with van der Waals surface area (Å²) in [5.74, 6) is 0.784. The van der Waals surface area contributed by atoms with Crippen LogP contribution in [0.15, 0.2) is 30.5 Å². The van der Waals surface area contributed by atoms with Gasteiger partial charge in [-0.25, -0.2) is 9.78 Å². The van der Waals surface area contributed by atoms with E-state index in [0.29, 0.717) is 53.7 Å². The SMILES string of the molecule is CC(C)CCCCOC(=O)Nc1cnc(OCC(O)CNCCOc2ccc(C(N)=O)cc2)s1. The van der Waals surface area contributed by atoms with Gasteiger partial charge in [-0.05, 0) is 43.0 Å². The molecule has 0 spiro atoms. The molecule has 1 aromatic heterocycles. The summed E-state index contributed by atoms with van der Waals surface area (Å²) in [6.45, 7) is 5.98. The Labute approximate surface area is 203 Å². The van der Waals surface area contributed by atoms with Crippen LogP contribution in [0.2, 0.25) is 0 Å². The molecule has 1 aromatic carbocycles. The fourth-order valence-corrected chi connectivity index (χ4v) is 3.45. The topological polar surface area (TPSA) is 145 Å². The van der Waals surface area contributed by atoms with E-state index < -0.39 is 18.1 Å². The Morgan fingerprint density at radius 2 is 1.91 bits per heavy atom. The summed E-state index contributed by atoms with van der Waals surface area (Å²) in [6, 6.07) is 6.55. The molecule has 0 fully saturated rings. The number of amides is 2. The Morgan fingerprint density at radius 1 is 1.15 bits per heavy atom. The second-order valence-corrected chi connectivity index (χ2v) is 9.04. The molecular weight excluding hydrogens is 460 g/mol. The molecule has 2 aromatic rings. The van der Waals surface area contributed by atoms with Crippen molar-refractivity contribution in [2.24, 2.45) is 11.7 Å². The lowest BCUT2D eigenvalue weighted by molar-refractivity contribution is 0.1000. The van der Waals surface area contributed by atoms with E-state index in [0.717, 1.165) is 30.6 Å². The van der Waals surface area contributed by atoms with Gasteiger partial charge < -0.3 is 30.4 Å². The van der Waals surface area contributed by atoms with E-state index in [9.17, 15) is 14.7 Å². The van der Waals surface area contributed by atoms with Gasteiger partial charge in [0, 0.05) is 18.7 Å². The number of benzene rings is 1. The van der Waals surface area contributed by atoms with Crippen molar-refractivity contribution < 1.29 is 28.9 Å². The van der Waals surface area contributed by atoms with E-state index in [4.69, 9.17) is 19.9 Å². The highest BCUT2D eigenvalue weighted by Gasteiger charge is 2.10. The smallest absolute Gasteiger partial charge is 0.412 e. The van der Waals surface area contributed by atoms with E-state index in [2.05, 4.69) is 29.5 Å². The molecule has 1 atom stereocenters. The third-order valence-electron chi connectivity index (χ3n) is 4.58. The third kappa shape index (κ3) is 11.3. The summed E-state index contributed by atoms with van der Waals surface area (Å²) >= 11 is 1.16. The molecular formula is C23H34N4O6S. The minimum Gasteiger partial charge on any atom is -0.492 e. The number of hydrogen-bond donors (Lipinski definition) is 4. The number of primary amides is 1. The van der Waals surface area contributed by atoms with Crippen LogP contribution >= 0.6 is 11.3 Å². The van der Waals surface area contributed by atoms with Gasteiger partial charge in [0.2, 0.25) is 5.91 Å². The molecule has 0 radical (unpaired) electrons. The van der Waals surface area contributed by atoms with Crippen molar-refractivity contribution in [1.29, 1.82) is 0 Å². The number of aliphatic hydroxyl groups excluding tert-OH is 1. The molecule has 10 nitrogen and oxygen atoms in total. The van der Waals surface area contributed by atoms with E-state index in [1.807, 2.05) is 0 Å². The van der Waals surface area contributed by atoms with Gasteiger partial charge >= 0.3 is 6.09 Å². The van der Waals surface area contributed by atoms with Crippen LogP contribution in [0.4, 0.5) is 9.80 Å². The minimum atomic E-state index is -0.744. The highest BCUT2D eigenvalue weighted by Crippen LogP contribution is 2.25. The van der Waals surface area contributed by atoms with Crippen molar-refractivity contribution in [2.75, 3.05) is 38.2 Å². The lowest BCUT2D eigenvalue weighted by Gasteiger charge is -2.12. The predicted octanol–water partition coefficient (Wildman–Crippen LogP) is 3.03. The largest absolute Gasteiger partial charge is 0.492 e. The minimum absolute atomic E-state index is 0.0513. The van der Waals surface area contributed by atoms with Crippen LogP contribution in [-0.4, -0.2) is 61.1 Å². The van der Waals surface area contributed by atoms with Crippen molar-refractivity contribution in [1.82, 2.24) is 10.3 Å². The first-order chi connectivity index (χ1) is 16.3. The van der Waals surface area contributed by atoms with Gasteiger partial charge in [0.15, 0.2) is 0 Å². The molecule has 5 N–H and O–H groups in total. The zero-order chi connectivity index (χ0) is 24.8. The summed E-state index contributed by atoms with van der Waals surface area (Å²) in [5, 5.41) is 16.6. The van der Waals surface area contributed by atoms with E-state index >= 15 is 0 Å². The Kier molecular flexibility index (Phi) is 12.1. The number of nitrogens with zero attached hydrogens (tertiary/aromatic N) is 1. The van der Waals surface area contributed by atoms with Crippen LogP contribution < -0.4 is 25.8 Å². The number of thiazole rings is 1. The van der Waals surface area contributed by atoms with Crippen LogP contribution in [-0.2, 0) is 4.74 Å². The summed E-state index contributed by atoms with van der Waals surface area (Å²) in [5.41, 5.74) is 5.62. The van der Waals surface area contributed by atoms with E-state index in [1.54, 1.807) is 24.3 Å². The number of unbranched alkanes of at least 4 members (excludes halogenated alkanes) is 1. The monoisotopic (exact) mass is 494 g/mol. The first kappa shape index (κ1) is 27.4. The highest BCUT2D eigenvalue weighted by molar-refractivity contribution is 7.17. The zero-order valence-corrected chi connectivity index (χ0v) is 20.4. The van der Waals surface area contributed by atoms with Gasteiger partial charge in [-0.1, -0.05) is 31.6 Å². The maximum atomic E-state index is 11.8. The summed E-state index contributed by atoms with van der Waals surface area (Å²) in [6.07, 6.45) is 3.20. The van der Waals surface area contributed by atoms with Crippen molar-refractivity contribution in [3.8, 4) is 10.9 Å². The van der Waals surface area contributed by atoms with Crippen molar-refractivity contribution in [3.63, 3.8) is 0 Å². The number of nitrogens with one attached hydrogen (secondary N) is 2. The van der Waals surface area contributed by atoms with Gasteiger partial charge in [0.25, 0.3) is 5.19 Å². The maximum absolute atomic E-state index is 11.8. The van der Waals surface area contributed by atoms with E-state index in [-0.39, 0.29) is 6.61 Å². The van der Waals surface area contributed by atoms with Crippen LogP contribution in [0.25, 0.3) is 0 Å². The third-order valence-corrected chi connectivity index (χ3v) is 5.41. The van der Waals surface area contributed by atoms with Crippen LogP contribution in [0.1, 0.15) is 43.5 Å². The van der Waals surface area contributed by atoms with Crippen LogP contribution in [0.5, 0.6) is 10.9 Å². The normalized spacial score (nSPS) is 11.8. The molecule has 1 heterocycles. The molecule has 0 saturated heterocycles. The molecule has 34 heavy (non-hydrogen) atoms. The Bertz CT molecular complexity index is 875. The number of ether oxygens (including phenoxy) is 3. The maximum Gasteiger partial charge on any atom is 0.412 e. The molecule has 0 aliphatic carbocycles. The molecule has 188 valence electrons. The number of rotatable bonds is 16. The molecule has 0 bridgehead atoms. The average molecular weight is 495 g/mol. The summed E-state index contributed by atoms with van der Waals surface area (Å²) in [7, 11) is 0. The second kappa shape index (κ2) is 15.1. The summed E-state index contributed by atoms with van der Waals surface area (Å²) in [4.78, 5) is 26.9. The highest BCUT2D eigenvalue weighted by atomic mass is 32.1. The van der Waals surface area contributed by atoms with Gasteiger partial charge in [-0.15, -0.1) is 0 Å². The number of nitrogens with two attached hydrogens (primary N) is 1. The fourth-order valence-electron chi connectivity index (χ4n) is 2.79. The Balaban J connectivity index is 1.54. The molecule has 2 rings (SSSR count). The van der Waals surface area contributed by atoms with Crippen molar-refractivity contribution in [2.45, 2.75) is 39.2 Å². The zero-order valence-electron chi connectivity index (χ0n) is 19.6. The lowest BCUT2D eigenvalue weighted by atomic mass is 10.1. The number of hydrogen-bond acceptors (Lipinski definition) is 9. The molecule has 1 unspecified atom stereocenters. The molecule has 11 heteroatoms. The van der Waals surface area contributed by atoms with Gasteiger partial charge in [0.05, 0.1) is 12.8 Å². The number of aromatic nitrogens is 1. The van der Waals surface area contributed by atoms with Crippen molar-refractivity contribution >= 4 is 28.3 Å². The van der Waals surface area contributed by atoms with Gasteiger partial charge in [0.1, 0.15) is 30.1 Å². The number of carbonyl (C=O) groups excluding carboxylic acids is 2. The number of carbonyl (C=O) groups is 2. The fraction of sp³-hybridized carbons (Fsp3) is 0.522. The molecule has 0 saturated carbocycles. The lowest BCUT2D eigenvalue weighted by Crippen LogP contribution is -2.33. The summed E-state index contributed by atoms with van der Waals surface area (Å²) < 4.78 is 16.2. The Morgan fingerprint density at radius 3 is 2.62 bits per heavy atom. The van der Waals surface area contributed by atoms with Crippen LogP contribution in [0, 0.1) is 5.92 Å². The molecule has 2 amide bonds. The average Bonchev–Trinajstić information content (AvgIpc) is 3.24. The first-order valence-corrected chi connectivity index (χ1v) is 12.1. The second-order valence-electron chi connectivity index (χ2n) is 8.05. The quantitative estimate of drug-likeness (QED) is 0.261. The van der Waals surface area contributed by atoms with Gasteiger partial charge in [-0.2, -0.15) is 0 Å². The molecule has 0 aliphatic rings. The van der Waals surface area contributed by atoms with Gasteiger partial charge in [-0.3, -0.25) is 10.1 Å². The van der Waals surface area contributed by atoms with Crippen LogP contribution in [0.3, 0.4) is 0 Å². The number of anilines is 1. The number of aliphatic hydroxyl groups is 1. The van der Waals surface area contributed by atoms with Crippen molar-refractivity contribution in [3.05, 3.63) is 36.0 Å². The predicted molar refractivity (Wildman–Crippen MR) is 131 cm³/mol. The molecule has 0 aliphatic heterocycles. The Hall–Kier alpha value is -2.89.